The molecule has 136 valence electrons. The van der Waals surface area contributed by atoms with Crippen LogP contribution >= 0.6 is 0 Å². The van der Waals surface area contributed by atoms with E-state index in [1.165, 1.54) is 0 Å². The van der Waals surface area contributed by atoms with Crippen molar-refractivity contribution in [3.8, 4) is 12.0 Å². The second kappa shape index (κ2) is 9.48. The molecular weight excluding hydrogens is 314 g/mol. The second-order valence-corrected chi connectivity index (χ2v) is 6.50. The molecular formula is C21H29NO3. The Bertz CT molecular complexity index is 595. The van der Waals surface area contributed by atoms with Crippen LogP contribution in [0, 0.1) is 17.9 Å². The largest absolute Gasteiger partial charge is 0.450 e. The van der Waals surface area contributed by atoms with E-state index in [2.05, 4.69) is 12.0 Å². The molecule has 1 fully saturated rings. The SMILES string of the molecule is CCN(C#CCOC(=O)C(O)(c1ccccc1)C1CCCCC1)CC. The summed E-state index contributed by atoms with van der Waals surface area (Å²) in [4.78, 5) is 14.7. The minimum atomic E-state index is -1.58. The summed E-state index contributed by atoms with van der Waals surface area (Å²) in [6.07, 6.45) is 4.91. The molecule has 0 radical (unpaired) electrons. The third kappa shape index (κ3) is 4.76. The highest BCUT2D eigenvalue weighted by atomic mass is 16.5. The minimum Gasteiger partial charge on any atom is -0.450 e. The summed E-state index contributed by atoms with van der Waals surface area (Å²) in [5.41, 5.74) is -0.970. The topological polar surface area (TPSA) is 49.8 Å². The molecule has 1 saturated carbocycles. The number of carbonyl (C=O) groups is 1. The molecule has 4 heteroatoms. The summed E-state index contributed by atoms with van der Waals surface area (Å²) in [5.74, 6) is 2.18. The standard InChI is InChI=1S/C21H29NO3/c1-3-22(4-2)16-11-17-25-20(23)21(24,18-12-7-5-8-13-18)19-14-9-6-10-15-19/h5,7-8,12-13,19,24H,3-4,6,9-10,14-15,17H2,1-2H3. The van der Waals surface area contributed by atoms with Gasteiger partial charge in [-0.15, -0.1) is 0 Å². The van der Waals surface area contributed by atoms with Crippen molar-refractivity contribution in [2.75, 3.05) is 19.7 Å². The molecule has 1 unspecified atom stereocenters. The lowest BCUT2D eigenvalue weighted by Crippen LogP contribution is -2.45. The summed E-state index contributed by atoms with van der Waals surface area (Å²) >= 11 is 0. The zero-order valence-corrected chi connectivity index (χ0v) is 15.3. The normalized spacial score (nSPS) is 17.1. The van der Waals surface area contributed by atoms with Gasteiger partial charge in [-0.1, -0.05) is 49.6 Å². The van der Waals surface area contributed by atoms with E-state index in [0.717, 1.165) is 45.2 Å². The van der Waals surface area contributed by atoms with Gasteiger partial charge in [-0.3, -0.25) is 0 Å². The molecule has 0 spiro atoms. The molecule has 4 nitrogen and oxygen atoms in total. The van der Waals surface area contributed by atoms with Crippen molar-refractivity contribution >= 4 is 5.97 Å². The number of ether oxygens (including phenoxy) is 1. The van der Waals surface area contributed by atoms with E-state index in [9.17, 15) is 9.90 Å². The quantitative estimate of drug-likeness (QED) is 0.489. The van der Waals surface area contributed by atoms with Gasteiger partial charge in [0, 0.05) is 25.1 Å². The van der Waals surface area contributed by atoms with Gasteiger partial charge in [0.1, 0.15) is 0 Å². The molecule has 0 aromatic heterocycles. The number of nitrogens with zero attached hydrogens (tertiary/aromatic N) is 1. The zero-order valence-electron chi connectivity index (χ0n) is 15.3. The lowest BCUT2D eigenvalue weighted by molar-refractivity contribution is -0.174. The predicted octanol–water partition coefficient (Wildman–Crippen LogP) is 3.30. The van der Waals surface area contributed by atoms with Crippen LogP contribution in [-0.4, -0.2) is 35.7 Å². The van der Waals surface area contributed by atoms with E-state index in [-0.39, 0.29) is 12.5 Å². The van der Waals surface area contributed by atoms with Gasteiger partial charge in [0.2, 0.25) is 0 Å². The summed E-state index contributed by atoms with van der Waals surface area (Å²) in [5, 5.41) is 11.3. The van der Waals surface area contributed by atoms with Crippen molar-refractivity contribution in [3.05, 3.63) is 35.9 Å². The molecule has 0 bridgehead atoms. The van der Waals surface area contributed by atoms with Crippen LogP contribution in [0.15, 0.2) is 30.3 Å². The average molecular weight is 343 g/mol. The van der Waals surface area contributed by atoms with Gasteiger partial charge in [0.25, 0.3) is 0 Å². The number of hydrogen-bond acceptors (Lipinski definition) is 4. The van der Waals surface area contributed by atoms with Crippen molar-refractivity contribution in [1.82, 2.24) is 4.90 Å². The van der Waals surface area contributed by atoms with E-state index in [4.69, 9.17) is 4.74 Å². The van der Waals surface area contributed by atoms with Gasteiger partial charge in [-0.2, -0.15) is 0 Å². The summed E-state index contributed by atoms with van der Waals surface area (Å²) in [7, 11) is 0. The Morgan fingerprint density at radius 3 is 2.44 bits per heavy atom. The van der Waals surface area contributed by atoms with Crippen molar-refractivity contribution < 1.29 is 14.6 Å². The number of carbonyl (C=O) groups excluding carboxylic acids is 1. The molecule has 0 saturated heterocycles. The molecule has 1 aromatic rings. The molecule has 1 aromatic carbocycles. The van der Waals surface area contributed by atoms with Crippen LogP contribution < -0.4 is 0 Å². The Morgan fingerprint density at radius 1 is 1.20 bits per heavy atom. The van der Waals surface area contributed by atoms with Gasteiger partial charge in [-0.05, 0) is 38.2 Å². The van der Waals surface area contributed by atoms with E-state index < -0.39 is 11.6 Å². The molecule has 0 aliphatic heterocycles. The van der Waals surface area contributed by atoms with Crippen LogP contribution in [0.3, 0.4) is 0 Å². The van der Waals surface area contributed by atoms with Crippen LogP contribution in [0.4, 0.5) is 0 Å². The maximum absolute atomic E-state index is 12.8. The number of benzene rings is 1. The maximum Gasteiger partial charge on any atom is 0.344 e. The molecule has 1 N–H and O–H groups in total. The Kier molecular flexibility index (Phi) is 7.33. The highest BCUT2D eigenvalue weighted by Crippen LogP contribution is 2.40. The monoisotopic (exact) mass is 343 g/mol. The van der Waals surface area contributed by atoms with Crippen LogP contribution in [0.5, 0.6) is 0 Å². The Morgan fingerprint density at radius 2 is 1.84 bits per heavy atom. The first-order valence-electron chi connectivity index (χ1n) is 9.31. The first-order valence-corrected chi connectivity index (χ1v) is 9.31. The summed E-state index contributed by atoms with van der Waals surface area (Å²) in [6.45, 7) is 5.71. The van der Waals surface area contributed by atoms with Crippen LogP contribution in [0.2, 0.25) is 0 Å². The summed E-state index contributed by atoms with van der Waals surface area (Å²) < 4.78 is 5.37. The molecule has 0 amide bonds. The fourth-order valence-corrected chi connectivity index (χ4v) is 3.47. The Labute approximate surface area is 151 Å². The smallest absolute Gasteiger partial charge is 0.344 e. The molecule has 1 atom stereocenters. The van der Waals surface area contributed by atoms with Gasteiger partial charge < -0.3 is 14.7 Å². The van der Waals surface area contributed by atoms with E-state index >= 15 is 0 Å². The second-order valence-electron chi connectivity index (χ2n) is 6.50. The third-order valence-electron chi connectivity index (χ3n) is 5.00. The van der Waals surface area contributed by atoms with E-state index in [1.807, 2.05) is 36.9 Å². The lowest BCUT2D eigenvalue weighted by atomic mass is 9.73. The van der Waals surface area contributed by atoms with Crippen LogP contribution in [0.25, 0.3) is 0 Å². The van der Waals surface area contributed by atoms with E-state index in [0.29, 0.717) is 5.56 Å². The molecule has 2 rings (SSSR count). The number of rotatable bonds is 6. The van der Waals surface area contributed by atoms with E-state index in [1.54, 1.807) is 12.1 Å². The zero-order chi connectivity index (χ0) is 18.1. The summed E-state index contributed by atoms with van der Waals surface area (Å²) in [6, 6.07) is 12.1. The van der Waals surface area contributed by atoms with Crippen LogP contribution in [0.1, 0.15) is 51.5 Å². The third-order valence-corrected chi connectivity index (χ3v) is 5.00. The van der Waals surface area contributed by atoms with Gasteiger partial charge in [0.05, 0.1) is 0 Å². The maximum atomic E-state index is 12.8. The first kappa shape index (κ1) is 19.3. The molecule has 1 aliphatic carbocycles. The number of esters is 1. The van der Waals surface area contributed by atoms with Crippen molar-refractivity contribution in [1.29, 1.82) is 0 Å². The van der Waals surface area contributed by atoms with Crippen molar-refractivity contribution in [2.45, 2.75) is 51.6 Å². The molecule has 0 heterocycles. The highest BCUT2D eigenvalue weighted by molar-refractivity contribution is 5.81. The van der Waals surface area contributed by atoms with Crippen molar-refractivity contribution in [2.24, 2.45) is 5.92 Å². The first-order chi connectivity index (χ1) is 12.1. The fourth-order valence-electron chi connectivity index (χ4n) is 3.47. The lowest BCUT2D eigenvalue weighted by Gasteiger charge is -2.36. The van der Waals surface area contributed by atoms with Crippen LogP contribution in [-0.2, 0) is 15.1 Å². The minimum absolute atomic E-state index is 0.00278. The number of aliphatic hydroxyl groups is 1. The predicted molar refractivity (Wildman–Crippen MR) is 98.6 cm³/mol. The Hall–Kier alpha value is -1.99. The van der Waals surface area contributed by atoms with Gasteiger partial charge in [0.15, 0.2) is 12.2 Å². The Balaban J connectivity index is 2.13. The fraction of sp³-hybridized carbons (Fsp3) is 0.571. The average Bonchev–Trinajstić information content (AvgIpc) is 2.68. The number of hydrogen-bond donors (Lipinski definition) is 1. The molecule has 25 heavy (non-hydrogen) atoms. The van der Waals surface area contributed by atoms with Crippen molar-refractivity contribution in [3.63, 3.8) is 0 Å². The molecule has 1 aliphatic rings. The highest BCUT2D eigenvalue weighted by Gasteiger charge is 2.46. The van der Waals surface area contributed by atoms with Gasteiger partial charge in [-0.25, -0.2) is 4.79 Å². The van der Waals surface area contributed by atoms with Gasteiger partial charge >= 0.3 is 5.97 Å².